The van der Waals surface area contributed by atoms with Gasteiger partial charge >= 0.3 is 0 Å². The van der Waals surface area contributed by atoms with Crippen molar-refractivity contribution < 1.29 is 4.79 Å². The van der Waals surface area contributed by atoms with Gasteiger partial charge in [0.15, 0.2) is 0 Å². The van der Waals surface area contributed by atoms with Crippen molar-refractivity contribution in [1.82, 2.24) is 10.2 Å². The zero-order valence-corrected chi connectivity index (χ0v) is 14.1. The number of carbonyl (C=O) groups is 1. The first-order valence-electron chi connectivity index (χ1n) is 9.04. The van der Waals surface area contributed by atoms with Crippen LogP contribution in [0.5, 0.6) is 0 Å². The van der Waals surface area contributed by atoms with E-state index in [0.29, 0.717) is 18.4 Å². The number of aryl methyl sites for hydroxylation is 1. The van der Waals surface area contributed by atoms with E-state index in [1.165, 1.54) is 11.1 Å². The number of hydrogen-bond acceptors (Lipinski definition) is 3. The highest BCUT2D eigenvalue weighted by Gasteiger charge is 2.38. The first-order valence-corrected chi connectivity index (χ1v) is 9.04. The Bertz CT molecular complexity index is 528. The molecule has 4 nitrogen and oxygen atoms in total. The van der Waals surface area contributed by atoms with E-state index in [0.717, 1.165) is 45.3 Å². The largest absolute Gasteiger partial charge is 0.333 e. The van der Waals surface area contributed by atoms with Crippen LogP contribution in [-0.2, 0) is 11.2 Å². The molecule has 1 aliphatic heterocycles. The van der Waals surface area contributed by atoms with Crippen molar-refractivity contribution >= 4 is 5.91 Å². The van der Waals surface area contributed by atoms with E-state index in [4.69, 9.17) is 5.73 Å². The topological polar surface area (TPSA) is 58.4 Å². The van der Waals surface area contributed by atoms with Crippen molar-refractivity contribution in [2.24, 2.45) is 17.6 Å². The van der Waals surface area contributed by atoms with E-state index >= 15 is 0 Å². The van der Waals surface area contributed by atoms with Gasteiger partial charge in [-0.15, -0.1) is 0 Å². The van der Waals surface area contributed by atoms with Crippen LogP contribution in [0.2, 0.25) is 0 Å². The van der Waals surface area contributed by atoms with E-state index in [1.54, 1.807) is 0 Å². The summed E-state index contributed by atoms with van der Waals surface area (Å²) in [5.41, 5.74) is 8.47. The molecule has 1 aromatic carbocycles. The Hall–Kier alpha value is -1.39. The lowest BCUT2D eigenvalue weighted by molar-refractivity contribution is -0.140. The zero-order chi connectivity index (χ0) is 16.2. The predicted molar refractivity (Wildman–Crippen MR) is 93.0 cm³/mol. The predicted octanol–water partition coefficient (Wildman–Crippen LogP) is 2.10. The summed E-state index contributed by atoms with van der Waals surface area (Å²) < 4.78 is 0. The molecule has 1 aliphatic carbocycles. The SMILES string of the molecule is CCc1ccc(C2CNCCN2C(=O)[C@@H]2CCC[C@@H]2CN)cc1. The number of hydrogen-bond donors (Lipinski definition) is 2. The lowest BCUT2D eigenvalue weighted by Crippen LogP contribution is -2.51. The fraction of sp³-hybridized carbons (Fsp3) is 0.632. The molecule has 126 valence electrons. The third-order valence-electron chi connectivity index (χ3n) is 5.58. The average molecular weight is 315 g/mol. The van der Waals surface area contributed by atoms with Gasteiger partial charge in [0.1, 0.15) is 0 Å². The highest BCUT2D eigenvalue weighted by molar-refractivity contribution is 5.80. The number of nitrogens with two attached hydrogens (primary N) is 1. The summed E-state index contributed by atoms with van der Waals surface area (Å²) in [7, 11) is 0. The molecule has 2 fully saturated rings. The van der Waals surface area contributed by atoms with Crippen LogP contribution in [0.1, 0.15) is 43.4 Å². The zero-order valence-electron chi connectivity index (χ0n) is 14.1. The minimum Gasteiger partial charge on any atom is -0.333 e. The fourth-order valence-corrected chi connectivity index (χ4v) is 4.10. The highest BCUT2D eigenvalue weighted by Crippen LogP contribution is 2.35. The van der Waals surface area contributed by atoms with Crippen LogP contribution in [0, 0.1) is 11.8 Å². The number of nitrogens with one attached hydrogen (secondary N) is 1. The van der Waals surface area contributed by atoms with Gasteiger partial charge in [0.2, 0.25) is 5.91 Å². The molecule has 3 N–H and O–H groups in total. The maximum absolute atomic E-state index is 13.1. The Labute approximate surface area is 139 Å². The van der Waals surface area contributed by atoms with Crippen LogP contribution >= 0.6 is 0 Å². The van der Waals surface area contributed by atoms with E-state index in [2.05, 4.69) is 41.4 Å². The molecular weight excluding hydrogens is 286 g/mol. The maximum atomic E-state index is 13.1. The van der Waals surface area contributed by atoms with Crippen LogP contribution in [0.25, 0.3) is 0 Å². The minimum atomic E-state index is 0.135. The molecule has 1 unspecified atom stereocenters. The summed E-state index contributed by atoms with van der Waals surface area (Å²) in [4.78, 5) is 15.2. The Balaban J connectivity index is 1.79. The van der Waals surface area contributed by atoms with Crippen LogP contribution in [0.4, 0.5) is 0 Å². The summed E-state index contributed by atoms with van der Waals surface area (Å²) in [6, 6.07) is 8.90. The Kier molecular flexibility index (Phi) is 5.34. The van der Waals surface area contributed by atoms with Gasteiger partial charge in [0, 0.05) is 25.6 Å². The molecule has 2 aliphatic rings. The standard InChI is InChI=1S/C19H29N3O/c1-2-14-6-8-15(9-7-14)18-13-21-10-11-22(18)19(23)17-5-3-4-16(17)12-20/h6-9,16-18,21H,2-5,10-13,20H2,1H3/t16-,17-,18?/m1/s1. The molecule has 4 heteroatoms. The van der Waals surface area contributed by atoms with Crippen LogP contribution in [0.3, 0.4) is 0 Å². The third-order valence-corrected chi connectivity index (χ3v) is 5.58. The Morgan fingerprint density at radius 3 is 2.78 bits per heavy atom. The molecule has 3 atom stereocenters. The molecule has 0 aromatic heterocycles. The van der Waals surface area contributed by atoms with Crippen molar-refractivity contribution in [3.05, 3.63) is 35.4 Å². The van der Waals surface area contributed by atoms with E-state index in [9.17, 15) is 4.79 Å². The molecule has 1 aromatic rings. The van der Waals surface area contributed by atoms with Crippen molar-refractivity contribution in [2.75, 3.05) is 26.2 Å². The molecule has 1 saturated carbocycles. The van der Waals surface area contributed by atoms with Gasteiger partial charge in [-0.2, -0.15) is 0 Å². The molecular formula is C19H29N3O. The summed E-state index contributed by atoms with van der Waals surface area (Å²) >= 11 is 0. The third kappa shape index (κ3) is 3.43. The number of nitrogens with zero attached hydrogens (tertiary/aromatic N) is 1. The molecule has 1 heterocycles. The van der Waals surface area contributed by atoms with Gasteiger partial charge in [-0.3, -0.25) is 4.79 Å². The molecule has 0 spiro atoms. The second-order valence-electron chi connectivity index (χ2n) is 6.88. The number of rotatable bonds is 4. The molecule has 1 saturated heterocycles. The van der Waals surface area contributed by atoms with Crippen LogP contribution in [0.15, 0.2) is 24.3 Å². The molecule has 0 radical (unpaired) electrons. The van der Waals surface area contributed by atoms with Gasteiger partial charge in [0.05, 0.1) is 6.04 Å². The second-order valence-corrected chi connectivity index (χ2v) is 6.88. The van der Waals surface area contributed by atoms with E-state index in [1.807, 2.05) is 0 Å². The van der Waals surface area contributed by atoms with Crippen molar-refractivity contribution in [1.29, 1.82) is 0 Å². The normalized spacial score (nSPS) is 28.1. The van der Waals surface area contributed by atoms with Crippen molar-refractivity contribution in [3.63, 3.8) is 0 Å². The molecule has 1 amide bonds. The summed E-state index contributed by atoms with van der Waals surface area (Å²) in [5.74, 6) is 0.833. The summed E-state index contributed by atoms with van der Waals surface area (Å²) in [6.45, 7) is 5.33. The molecule has 3 rings (SSSR count). The summed E-state index contributed by atoms with van der Waals surface area (Å²) in [5, 5.41) is 3.44. The van der Waals surface area contributed by atoms with Crippen LogP contribution in [-0.4, -0.2) is 37.0 Å². The fourth-order valence-electron chi connectivity index (χ4n) is 4.10. The van der Waals surface area contributed by atoms with Crippen molar-refractivity contribution in [3.8, 4) is 0 Å². The van der Waals surface area contributed by atoms with E-state index < -0.39 is 0 Å². The monoisotopic (exact) mass is 315 g/mol. The minimum absolute atomic E-state index is 0.135. The van der Waals surface area contributed by atoms with Gasteiger partial charge < -0.3 is 16.0 Å². The number of benzene rings is 1. The highest BCUT2D eigenvalue weighted by atomic mass is 16.2. The number of piperazine rings is 1. The maximum Gasteiger partial charge on any atom is 0.226 e. The lowest BCUT2D eigenvalue weighted by Gasteiger charge is -2.39. The van der Waals surface area contributed by atoms with Crippen molar-refractivity contribution in [2.45, 2.75) is 38.6 Å². The average Bonchev–Trinajstić information content (AvgIpc) is 3.10. The number of amides is 1. The molecule has 23 heavy (non-hydrogen) atoms. The number of carbonyl (C=O) groups excluding carboxylic acids is 1. The smallest absolute Gasteiger partial charge is 0.226 e. The first kappa shape index (κ1) is 16.5. The van der Waals surface area contributed by atoms with E-state index in [-0.39, 0.29) is 12.0 Å². The van der Waals surface area contributed by atoms with Gasteiger partial charge in [-0.1, -0.05) is 37.6 Å². The lowest BCUT2D eigenvalue weighted by atomic mass is 9.92. The van der Waals surface area contributed by atoms with Gasteiger partial charge in [-0.05, 0) is 42.9 Å². The van der Waals surface area contributed by atoms with Crippen LogP contribution < -0.4 is 11.1 Å². The first-order chi connectivity index (χ1) is 11.2. The second kappa shape index (κ2) is 7.45. The quantitative estimate of drug-likeness (QED) is 0.894. The summed E-state index contributed by atoms with van der Waals surface area (Å²) in [6.07, 6.45) is 4.30. The Morgan fingerprint density at radius 1 is 1.30 bits per heavy atom. The Morgan fingerprint density at radius 2 is 2.09 bits per heavy atom. The van der Waals surface area contributed by atoms with Gasteiger partial charge in [-0.25, -0.2) is 0 Å². The molecule has 0 bridgehead atoms. The van der Waals surface area contributed by atoms with Gasteiger partial charge in [0.25, 0.3) is 0 Å².